The molecule has 0 aromatic heterocycles. The lowest BCUT2D eigenvalue weighted by molar-refractivity contribution is -0.0708. The number of fused-ring (bicyclic) bond motifs is 1. The number of hydrogen-bond acceptors (Lipinski definition) is 2. The van der Waals surface area contributed by atoms with Gasteiger partial charge in [-0.05, 0) is 51.4 Å². The van der Waals surface area contributed by atoms with E-state index in [1.165, 1.54) is 5.57 Å². The highest BCUT2D eigenvalue weighted by Crippen LogP contribution is 2.51. The van der Waals surface area contributed by atoms with Gasteiger partial charge in [0.25, 0.3) is 0 Å². The number of hydrogen-bond donors (Lipinski definition) is 1. The number of ether oxygens (including phenoxy) is 1. The normalized spacial score (nSPS) is 44.7. The van der Waals surface area contributed by atoms with Crippen molar-refractivity contribution in [3.8, 4) is 0 Å². The molecular formula is C16H28O2. The van der Waals surface area contributed by atoms with Crippen LogP contribution in [-0.2, 0) is 4.74 Å². The molecule has 2 aliphatic carbocycles. The second-order valence-electron chi connectivity index (χ2n) is 6.94. The summed E-state index contributed by atoms with van der Waals surface area (Å²) in [6, 6.07) is 0. The fraction of sp³-hybridized carbons (Fsp3) is 0.875. The van der Waals surface area contributed by atoms with Crippen molar-refractivity contribution >= 4 is 0 Å². The Kier molecular flexibility index (Phi) is 3.63. The van der Waals surface area contributed by atoms with Crippen molar-refractivity contribution < 1.29 is 9.84 Å². The highest BCUT2D eigenvalue weighted by atomic mass is 16.5. The number of methoxy groups -OCH3 is 1. The predicted octanol–water partition coefficient (Wildman–Crippen LogP) is 3.54. The quantitative estimate of drug-likeness (QED) is 0.762. The Morgan fingerprint density at radius 1 is 1.33 bits per heavy atom. The van der Waals surface area contributed by atoms with Gasteiger partial charge in [-0.3, -0.25) is 0 Å². The fourth-order valence-electron chi connectivity index (χ4n) is 3.83. The van der Waals surface area contributed by atoms with Crippen LogP contribution in [0.25, 0.3) is 0 Å². The van der Waals surface area contributed by atoms with Gasteiger partial charge in [0.1, 0.15) is 0 Å². The lowest BCUT2D eigenvalue weighted by Crippen LogP contribution is -2.41. The van der Waals surface area contributed by atoms with Gasteiger partial charge in [-0.1, -0.05) is 25.5 Å². The standard InChI is InChI=1S/C16H28O2/c1-11(2)12-6-9-16(4,18-5)13-7-8-15(3,17)14(13)10-12/h10-11,13-14,17H,6-9H2,1-5H3/t13-,14+,15+,16-/m1/s1. The molecule has 104 valence electrons. The average molecular weight is 252 g/mol. The molecule has 2 nitrogen and oxygen atoms in total. The van der Waals surface area contributed by atoms with E-state index in [2.05, 4.69) is 26.8 Å². The highest BCUT2D eigenvalue weighted by Gasteiger charge is 2.51. The second-order valence-corrected chi connectivity index (χ2v) is 6.94. The minimum atomic E-state index is -0.561. The Hall–Kier alpha value is -0.340. The van der Waals surface area contributed by atoms with Gasteiger partial charge in [0.2, 0.25) is 0 Å². The smallest absolute Gasteiger partial charge is 0.0688 e. The van der Waals surface area contributed by atoms with Crippen molar-refractivity contribution in [2.24, 2.45) is 17.8 Å². The fourth-order valence-corrected chi connectivity index (χ4v) is 3.83. The monoisotopic (exact) mass is 252 g/mol. The van der Waals surface area contributed by atoms with E-state index in [0.29, 0.717) is 11.8 Å². The molecule has 1 saturated carbocycles. The second kappa shape index (κ2) is 4.64. The van der Waals surface area contributed by atoms with Crippen LogP contribution >= 0.6 is 0 Å². The molecule has 0 saturated heterocycles. The van der Waals surface area contributed by atoms with E-state index < -0.39 is 5.60 Å². The molecule has 1 fully saturated rings. The first-order valence-corrected chi connectivity index (χ1v) is 7.28. The van der Waals surface area contributed by atoms with Crippen LogP contribution in [0.2, 0.25) is 0 Å². The van der Waals surface area contributed by atoms with Gasteiger partial charge in [0.15, 0.2) is 0 Å². The van der Waals surface area contributed by atoms with Crippen LogP contribution in [-0.4, -0.2) is 23.4 Å². The molecule has 0 heterocycles. The summed E-state index contributed by atoms with van der Waals surface area (Å²) in [5, 5.41) is 10.6. The minimum absolute atomic E-state index is 0.0850. The number of allylic oxidation sites excluding steroid dienone is 1. The van der Waals surface area contributed by atoms with Crippen LogP contribution in [0.1, 0.15) is 53.4 Å². The molecule has 18 heavy (non-hydrogen) atoms. The van der Waals surface area contributed by atoms with E-state index in [1.54, 1.807) is 0 Å². The molecular weight excluding hydrogens is 224 g/mol. The zero-order valence-electron chi connectivity index (χ0n) is 12.5. The summed E-state index contributed by atoms with van der Waals surface area (Å²) in [6.45, 7) is 8.72. The minimum Gasteiger partial charge on any atom is -0.390 e. The SMILES string of the molecule is CO[C@]1(C)CCC(C(C)C)=C[C@H]2[C@H]1CC[C@]2(C)O. The zero-order valence-corrected chi connectivity index (χ0v) is 12.5. The molecule has 0 aromatic carbocycles. The first-order chi connectivity index (χ1) is 8.30. The zero-order chi connectivity index (χ0) is 13.6. The van der Waals surface area contributed by atoms with E-state index >= 15 is 0 Å². The Labute approximate surface area is 111 Å². The summed E-state index contributed by atoms with van der Waals surface area (Å²) >= 11 is 0. The Morgan fingerprint density at radius 3 is 2.56 bits per heavy atom. The van der Waals surface area contributed by atoms with Gasteiger partial charge in [-0.15, -0.1) is 0 Å². The van der Waals surface area contributed by atoms with Gasteiger partial charge in [-0.25, -0.2) is 0 Å². The van der Waals surface area contributed by atoms with Gasteiger partial charge in [0, 0.05) is 13.0 Å². The number of rotatable bonds is 2. The maximum atomic E-state index is 10.6. The molecule has 0 aromatic rings. The average Bonchev–Trinajstić information content (AvgIpc) is 2.50. The van der Waals surface area contributed by atoms with E-state index in [9.17, 15) is 5.11 Å². The Bertz CT molecular complexity index is 343. The predicted molar refractivity (Wildman–Crippen MR) is 74.4 cm³/mol. The maximum Gasteiger partial charge on any atom is 0.0688 e. The molecule has 2 heteroatoms. The lowest BCUT2D eigenvalue weighted by Gasteiger charge is -2.37. The summed E-state index contributed by atoms with van der Waals surface area (Å²) in [4.78, 5) is 0. The Balaban J connectivity index is 2.38. The Morgan fingerprint density at radius 2 is 2.00 bits per heavy atom. The molecule has 2 aliphatic rings. The maximum absolute atomic E-state index is 10.6. The summed E-state index contributed by atoms with van der Waals surface area (Å²) in [5.74, 6) is 1.28. The number of aliphatic hydroxyl groups is 1. The van der Waals surface area contributed by atoms with E-state index in [4.69, 9.17) is 4.74 Å². The van der Waals surface area contributed by atoms with Crippen LogP contribution in [0.3, 0.4) is 0 Å². The van der Waals surface area contributed by atoms with Gasteiger partial charge >= 0.3 is 0 Å². The van der Waals surface area contributed by atoms with Crippen LogP contribution in [0.4, 0.5) is 0 Å². The van der Waals surface area contributed by atoms with Crippen LogP contribution < -0.4 is 0 Å². The third-order valence-electron chi connectivity index (χ3n) is 5.41. The summed E-state index contributed by atoms with van der Waals surface area (Å²) in [6.07, 6.45) is 6.51. The third-order valence-corrected chi connectivity index (χ3v) is 5.41. The molecule has 0 aliphatic heterocycles. The highest BCUT2D eigenvalue weighted by molar-refractivity contribution is 5.19. The van der Waals surface area contributed by atoms with Crippen molar-refractivity contribution in [2.75, 3.05) is 7.11 Å². The van der Waals surface area contributed by atoms with Crippen molar-refractivity contribution in [2.45, 2.75) is 64.6 Å². The topological polar surface area (TPSA) is 29.5 Å². The van der Waals surface area contributed by atoms with E-state index in [-0.39, 0.29) is 11.5 Å². The molecule has 0 amide bonds. The van der Waals surface area contributed by atoms with E-state index in [1.807, 2.05) is 14.0 Å². The van der Waals surface area contributed by atoms with Gasteiger partial charge < -0.3 is 9.84 Å². The summed E-state index contributed by atoms with van der Waals surface area (Å²) < 4.78 is 5.85. The van der Waals surface area contributed by atoms with Crippen molar-refractivity contribution in [3.05, 3.63) is 11.6 Å². The molecule has 0 bridgehead atoms. The van der Waals surface area contributed by atoms with Gasteiger partial charge in [0.05, 0.1) is 11.2 Å². The molecule has 0 spiro atoms. The van der Waals surface area contributed by atoms with Crippen LogP contribution in [0.15, 0.2) is 11.6 Å². The summed E-state index contributed by atoms with van der Waals surface area (Å²) in [7, 11) is 1.82. The molecule has 4 atom stereocenters. The van der Waals surface area contributed by atoms with Crippen LogP contribution in [0, 0.1) is 17.8 Å². The van der Waals surface area contributed by atoms with Crippen LogP contribution in [0.5, 0.6) is 0 Å². The first kappa shape index (κ1) is 14.1. The lowest BCUT2D eigenvalue weighted by atomic mass is 9.77. The summed E-state index contributed by atoms with van der Waals surface area (Å²) in [5.41, 5.74) is 0.848. The van der Waals surface area contributed by atoms with Crippen molar-refractivity contribution in [3.63, 3.8) is 0 Å². The molecule has 0 unspecified atom stereocenters. The largest absolute Gasteiger partial charge is 0.390 e. The van der Waals surface area contributed by atoms with Crippen molar-refractivity contribution in [1.82, 2.24) is 0 Å². The molecule has 1 N–H and O–H groups in total. The molecule has 2 rings (SSSR count). The van der Waals surface area contributed by atoms with Gasteiger partial charge in [-0.2, -0.15) is 0 Å². The van der Waals surface area contributed by atoms with E-state index in [0.717, 1.165) is 25.7 Å². The molecule has 0 radical (unpaired) electrons. The first-order valence-electron chi connectivity index (χ1n) is 7.28. The third kappa shape index (κ3) is 2.25. The van der Waals surface area contributed by atoms with Crippen molar-refractivity contribution in [1.29, 1.82) is 0 Å².